The van der Waals surface area contributed by atoms with Crippen LogP contribution in [-0.2, 0) is 11.3 Å². The fourth-order valence-corrected chi connectivity index (χ4v) is 2.64. The molecule has 0 saturated heterocycles. The van der Waals surface area contributed by atoms with Gasteiger partial charge in [-0.25, -0.2) is 4.68 Å². The highest BCUT2D eigenvalue weighted by Crippen LogP contribution is 2.41. The summed E-state index contributed by atoms with van der Waals surface area (Å²) in [6.07, 6.45) is 4.02. The van der Waals surface area contributed by atoms with Gasteiger partial charge in [-0.05, 0) is 41.6 Å². The molecule has 2 rings (SSSR count). The Morgan fingerprint density at radius 3 is 2.90 bits per heavy atom. The average Bonchev–Trinajstić information content (AvgIpc) is 3.28. The minimum absolute atomic E-state index is 0.165. The second-order valence-electron chi connectivity index (χ2n) is 5.41. The molecule has 1 fully saturated rings. The van der Waals surface area contributed by atoms with E-state index >= 15 is 0 Å². The van der Waals surface area contributed by atoms with Gasteiger partial charge in [0, 0.05) is 19.2 Å². The highest BCUT2D eigenvalue weighted by Gasteiger charge is 2.40. The van der Waals surface area contributed by atoms with Crippen molar-refractivity contribution in [1.29, 1.82) is 0 Å². The molecule has 0 aliphatic heterocycles. The molecule has 0 radical (unpaired) electrons. The first-order valence-electron chi connectivity index (χ1n) is 6.74. The summed E-state index contributed by atoms with van der Waals surface area (Å²) in [6, 6.07) is 0. The van der Waals surface area contributed by atoms with E-state index in [4.69, 9.17) is 10.5 Å². The van der Waals surface area contributed by atoms with Gasteiger partial charge in [0.25, 0.3) is 5.56 Å². The molecule has 1 atom stereocenters. The third kappa shape index (κ3) is 3.21. The summed E-state index contributed by atoms with van der Waals surface area (Å²) >= 11 is 3.36. The summed E-state index contributed by atoms with van der Waals surface area (Å²) in [6.45, 7) is 3.50. The summed E-state index contributed by atoms with van der Waals surface area (Å²) in [5.41, 5.74) is 6.23. The summed E-state index contributed by atoms with van der Waals surface area (Å²) in [5.74, 6) is 0.565. The molecular formula is C13H21BrN4O2. The second kappa shape index (κ2) is 6.24. The van der Waals surface area contributed by atoms with Gasteiger partial charge in [0.1, 0.15) is 4.47 Å². The maximum atomic E-state index is 12.2. The van der Waals surface area contributed by atoms with Crippen molar-refractivity contribution in [1.82, 2.24) is 9.78 Å². The van der Waals surface area contributed by atoms with Gasteiger partial charge in [0.2, 0.25) is 0 Å². The molecule has 1 aliphatic rings. The first kappa shape index (κ1) is 15.5. The van der Waals surface area contributed by atoms with Crippen LogP contribution in [0.1, 0.15) is 19.8 Å². The number of hydrogen-bond donors (Lipinski definition) is 2. The summed E-state index contributed by atoms with van der Waals surface area (Å²) in [5, 5.41) is 7.55. The Hall–Kier alpha value is -0.920. The number of anilines is 1. The van der Waals surface area contributed by atoms with Gasteiger partial charge in [-0.1, -0.05) is 0 Å². The summed E-state index contributed by atoms with van der Waals surface area (Å²) in [7, 11) is 1.60. The van der Waals surface area contributed by atoms with Gasteiger partial charge in [-0.15, -0.1) is 0 Å². The molecule has 1 heterocycles. The summed E-state index contributed by atoms with van der Waals surface area (Å²) < 4.78 is 6.84. The van der Waals surface area contributed by atoms with Gasteiger partial charge < -0.3 is 15.8 Å². The Morgan fingerprint density at radius 2 is 2.35 bits per heavy atom. The lowest BCUT2D eigenvalue weighted by molar-refractivity contribution is 0.181. The number of methoxy groups -OCH3 is 1. The average molecular weight is 345 g/mol. The maximum absolute atomic E-state index is 12.2. The van der Waals surface area contributed by atoms with E-state index in [-0.39, 0.29) is 11.1 Å². The van der Waals surface area contributed by atoms with Crippen molar-refractivity contribution < 1.29 is 4.74 Å². The summed E-state index contributed by atoms with van der Waals surface area (Å²) in [4.78, 5) is 12.2. The van der Waals surface area contributed by atoms with Crippen LogP contribution >= 0.6 is 15.9 Å². The Bertz CT molecular complexity index is 530. The quantitative estimate of drug-likeness (QED) is 0.776. The van der Waals surface area contributed by atoms with E-state index in [2.05, 4.69) is 33.3 Å². The van der Waals surface area contributed by atoms with Gasteiger partial charge in [-0.3, -0.25) is 4.79 Å². The molecule has 1 aromatic heterocycles. The molecule has 0 bridgehead atoms. The minimum Gasteiger partial charge on any atom is -0.383 e. The molecule has 20 heavy (non-hydrogen) atoms. The third-order valence-corrected chi connectivity index (χ3v) is 4.58. The van der Waals surface area contributed by atoms with Crippen LogP contribution in [0.5, 0.6) is 0 Å². The van der Waals surface area contributed by atoms with Crippen LogP contribution in [0.3, 0.4) is 0 Å². The number of nitrogens with two attached hydrogens (primary N) is 1. The lowest BCUT2D eigenvalue weighted by Crippen LogP contribution is -2.45. The van der Waals surface area contributed by atoms with Crippen molar-refractivity contribution >= 4 is 21.6 Å². The van der Waals surface area contributed by atoms with Gasteiger partial charge in [0.05, 0.1) is 25.0 Å². The molecule has 0 amide bonds. The van der Waals surface area contributed by atoms with Crippen molar-refractivity contribution in [3.8, 4) is 0 Å². The van der Waals surface area contributed by atoms with Crippen LogP contribution in [0.2, 0.25) is 0 Å². The third-order valence-electron chi connectivity index (χ3n) is 3.81. The van der Waals surface area contributed by atoms with Crippen molar-refractivity contribution in [2.24, 2.45) is 11.7 Å². The fraction of sp³-hybridized carbons (Fsp3) is 0.692. The van der Waals surface area contributed by atoms with Crippen molar-refractivity contribution in [2.45, 2.75) is 31.8 Å². The first-order chi connectivity index (χ1) is 9.51. The smallest absolute Gasteiger partial charge is 0.283 e. The van der Waals surface area contributed by atoms with Crippen LogP contribution in [-0.4, -0.2) is 35.6 Å². The van der Waals surface area contributed by atoms with Crippen LogP contribution in [0.25, 0.3) is 0 Å². The van der Waals surface area contributed by atoms with Crippen molar-refractivity contribution in [3.63, 3.8) is 0 Å². The molecule has 7 heteroatoms. The molecule has 6 nitrogen and oxygen atoms in total. The Balaban J connectivity index is 2.20. The molecular weight excluding hydrogens is 324 g/mol. The van der Waals surface area contributed by atoms with Crippen LogP contribution < -0.4 is 16.6 Å². The Labute approximate surface area is 126 Å². The number of hydrogen-bond acceptors (Lipinski definition) is 5. The van der Waals surface area contributed by atoms with E-state index in [1.54, 1.807) is 13.3 Å². The zero-order chi connectivity index (χ0) is 14.8. The van der Waals surface area contributed by atoms with E-state index in [0.29, 0.717) is 35.8 Å². The molecule has 1 aromatic rings. The van der Waals surface area contributed by atoms with Crippen molar-refractivity contribution in [2.75, 3.05) is 25.6 Å². The first-order valence-corrected chi connectivity index (χ1v) is 7.54. The molecule has 1 saturated carbocycles. The molecule has 1 unspecified atom stereocenters. The molecule has 0 spiro atoms. The number of nitrogens with one attached hydrogen (secondary N) is 1. The largest absolute Gasteiger partial charge is 0.383 e. The van der Waals surface area contributed by atoms with E-state index in [9.17, 15) is 4.79 Å². The van der Waals surface area contributed by atoms with Gasteiger partial charge >= 0.3 is 0 Å². The van der Waals surface area contributed by atoms with Gasteiger partial charge in [0.15, 0.2) is 0 Å². The monoisotopic (exact) mass is 344 g/mol. The number of aromatic nitrogens is 2. The van der Waals surface area contributed by atoms with Crippen molar-refractivity contribution in [3.05, 3.63) is 21.0 Å². The predicted octanol–water partition coefficient (Wildman–Crippen LogP) is 1.19. The molecule has 1 aliphatic carbocycles. The molecule has 3 N–H and O–H groups in total. The normalized spacial score (nSPS) is 17.8. The number of halogens is 1. The predicted molar refractivity (Wildman–Crippen MR) is 81.9 cm³/mol. The molecule has 0 aromatic carbocycles. The minimum atomic E-state index is -0.185. The van der Waals surface area contributed by atoms with E-state index < -0.39 is 0 Å². The standard InChI is InChI=1S/C13H21BrN4O2/c1-13(8-15,9-3-4-9)17-10-7-16-18(5-6-20-2)12(19)11(10)14/h7,9,17H,3-6,8,15H2,1-2H3. The Kier molecular flexibility index (Phi) is 4.82. The topological polar surface area (TPSA) is 82.2 Å². The molecule has 112 valence electrons. The Morgan fingerprint density at radius 1 is 1.65 bits per heavy atom. The lowest BCUT2D eigenvalue weighted by atomic mass is 9.96. The number of rotatable bonds is 7. The highest BCUT2D eigenvalue weighted by atomic mass is 79.9. The van der Waals surface area contributed by atoms with Gasteiger partial charge in [-0.2, -0.15) is 5.10 Å². The lowest BCUT2D eigenvalue weighted by Gasteiger charge is -2.31. The number of ether oxygens (including phenoxy) is 1. The van der Waals surface area contributed by atoms with E-state index in [1.807, 2.05) is 0 Å². The van der Waals surface area contributed by atoms with E-state index in [0.717, 1.165) is 0 Å². The van der Waals surface area contributed by atoms with E-state index in [1.165, 1.54) is 17.5 Å². The number of nitrogens with zero attached hydrogens (tertiary/aromatic N) is 2. The SMILES string of the molecule is COCCn1ncc(NC(C)(CN)C2CC2)c(Br)c1=O. The fourth-order valence-electron chi connectivity index (χ4n) is 2.24. The van der Waals surface area contributed by atoms with Crippen LogP contribution in [0.15, 0.2) is 15.5 Å². The maximum Gasteiger partial charge on any atom is 0.283 e. The zero-order valence-electron chi connectivity index (χ0n) is 11.9. The zero-order valence-corrected chi connectivity index (χ0v) is 13.4. The van der Waals surface area contributed by atoms with Crippen LogP contribution in [0, 0.1) is 5.92 Å². The van der Waals surface area contributed by atoms with Crippen LogP contribution in [0.4, 0.5) is 5.69 Å². The highest BCUT2D eigenvalue weighted by molar-refractivity contribution is 9.10. The second-order valence-corrected chi connectivity index (χ2v) is 6.21.